The lowest BCUT2D eigenvalue weighted by Crippen LogP contribution is -2.22. The van der Waals surface area contributed by atoms with E-state index in [0.717, 1.165) is 0 Å². The molecule has 0 amide bonds. The van der Waals surface area contributed by atoms with Gasteiger partial charge < -0.3 is 20.0 Å². The van der Waals surface area contributed by atoms with Gasteiger partial charge in [0, 0.05) is 11.6 Å². The highest BCUT2D eigenvalue weighted by Crippen LogP contribution is 2.18. The first-order chi connectivity index (χ1) is 8.87. The standard InChI is InChI=1S/C12H20N2O5/c1-12(2,8-14-13-5-6-15)7-9(10(16)18-3)11(17)19-4/h7-8,13,15H,5-6H2,1-4H3/b14-8-. The smallest absolute Gasteiger partial charge is 0.344 e. The van der Waals surface area contributed by atoms with Gasteiger partial charge in [-0.25, -0.2) is 9.59 Å². The van der Waals surface area contributed by atoms with Crippen LogP contribution in [0.15, 0.2) is 16.8 Å². The van der Waals surface area contributed by atoms with E-state index < -0.39 is 17.4 Å². The van der Waals surface area contributed by atoms with Crippen molar-refractivity contribution in [2.24, 2.45) is 10.5 Å². The van der Waals surface area contributed by atoms with Crippen LogP contribution >= 0.6 is 0 Å². The molecule has 0 heterocycles. The van der Waals surface area contributed by atoms with Crippen LogP contribution in [0.2, 0.25) is 0 Å². The summed E-state index contributed by atoms with van der Waals surface area (Å²) in [5.74, 6) is -1.53. The average molecular weight is 272 g/mol. The van der Waals surface area contributed by atoms with Gasteiger partial charge in [-0.05, 0) is 0 Å². The number of hydrogen-bond acceptors (Lipinski definition) is 7. The van der Waals surface area contributed by atoms with E-state index in [9.17, 15) is 9.59 Å². The topological polar surface area (TPSA) is 97.2 Å². The minimum Gasteiger partial charge on any atom is -0.465 e. The summed E-state index contributed by atoms with van der Waals surface area (Å²) in [6.45, 7) is 3.78. The lowest BCUT2D eigenvalue weighted by molar-refractivity contribution is -0.144. The van der Waals surface area contributed by atoms with Crippen LogP contribution in [-0.4, -0.2) is 50.6 Å². The minimum absolute atomic E-state index is 0.0385. The summed E-state index contributed by atoms with van der Waals surface area (Å²) in [5, 5.41) is 12.5. The van der Waals surface area contributed by atoms with E-state index in [1.165, 1.54) is 26.5 Å². The highest BCUT2D eigenvalue weighted by Gasteiger charge is 2.24. The predicted molar refractivity (Wildman–Crippen MR) is 69.5 cm³/mol. The van der Waals surface area contributed by atoms with E-state index in [2.05, 4.69) is 20.0 Å². The van der Waals surface area contributed by atoms with Gasteiger partial charge in [0.05, 0.1) is 27.4 Å². The summed E-state index contributed by atoms with van der Waals surface area (Å²) in [4.78, 5) is 23.0. The van der Waals surface area contributed by atoms with E-state index in [1.807, 2.05) is 0 Å². The summed E-state index contributed by atoms with van der Waals surface area (Å²) in [6, 6.07) is 0. The number of rotatable bonds is 7. The van der Waals surface area contributed by atoms with Crippen LogP contribution in [-0.2, 0) is 19.1 Å². The number of hydrogen-bond donors (Lipinski definition) is 2. The van der Waals surface area contributed by atoms with Gasteiger partial charge in [-0.15, -0.1) is 0 Å². The SMILES string of the molecule is COC(=O)C(=CC(C)(C)/C=N\NCCO)C(=O)OC. The van der Waals surface area contributed by atoms with Crippen molar-refractivity contribution in [2.75, 3.05) is 27.4 Å². The molecular formula is C12H20N2O5. The maximum Gasteiger partial charge on any atom is 0.344 e. The molecule has 0 aromatic carbocycles. The average Bonchev–Trinajstić information content (AvgIpc) is 2.39. The maximum absolute atomic E-state index is 11.5. The number of nitrogens with zero attached hydrogens (tertiary/aromatic N) is 1. The van der Waals surface area contributed by atoms with Gasteiger partial charge in [0.1, 0.15) is 5.57 Å². The van der Waals surface area contributed by atoms with Crippen molar-refractivity contribution in [2.45, 2.75) is 13.8 Å². The molecule has 0 spiro atoms. The molecule has 108 valence electrons. The van der Waals surface area contributed by atoms with Crippen LogP contribution in [0, 0.1) is 5.41 Å². The fraction of sp³-hybridized carbons (Fsp3) is 0.583. The van der Waals surface area contributed by atoms with Crippen molar-refractivity contribution < 1.29 is 24.2 Å². The van der Waals surface area contributed by atoms with Crippen molar-refractivity contribution in [3.8, 4) is 0 Å². The largest absolute Gasteiger partial charge is 0.465 e. The van der Waals surface area contributed by atoms with Crippen LogP contribution < -0.4 is 5.43 Å². The second-order valence-electron chi connectivity index (χ2n) is 4.25. The van der Waals surface area contributed by atoms with Crippen LogP contribution in [0.4, 0.5) is 0 Å². The summed E-state index contributed by atoms with van der Waals surface area (Å²) < 4.78 is 9.05. The second kappa shape index (κ2) is 8.25. The zero-order valence-electron chi connectivity index (χ0n) is 11.6. The van der Waals surface area contributed by atoms with Crippen molar-refractivity contribution in [3.05, 3.63) is 11.6 Å². The molecule has 7 heteroatoms. The van der Waals surface area contributed by atoms with Crippen LogP contribution in [0.3, 0.4) is 0 Å². The Hall–Kier alpha value is -1.89. The highest BCUT2D eigenvalue weighted by molar-refractivity contribution is 6.14. The van der Waals surface area contributed by atoms with E-state index in [0.29, 0.717) is 6.54 Å². The zero-order valence-corrected chi connectivity index (χ0v) is 11.6. The van der Waals surface area contributed by atoms with E-state index >= 15 is 0 Å². The van der Waals surface area contributed by atoms with E-state index in [4.69, 9.17) is 5.11 Å². The van der Waals surface area contributed by atoms with Crippen molar-refractivity contribution in [3.63, 3.8) is 0 Å². The third-order valence-corrected chi connectivity index (χ3v) is 2.04. The van der Waals surface area contributed by atoms with E-state index in [-0.39, 0.29) is 12.2 Å². The summed E-state index contributed by atoms with van der Waals surface area (Å²) in [6.07, 6.45) is 2.92. The molecule has 0 saturated heterocycles. The Balaban J connectivity index is 5.03. The van der Waals surface area contributed by atoms with Gasteiger partial charge in [0.25, 0.3) is 0 Å². The quantitative estimate of drug-likeness (QED) is 0.127. The third kappa shape index (κ3) is 6.56. The zero-order chi connectivity index (χ0) is 14.9. The molecule has 0 atom stereocenters. The molecule has 0 aliphatic rings. The number of methoxy groups -OCH3 is 2. The Kier molecular flexibility index (Phi) is 7.43. The highest BCUT2D eigenvalue weighted by atomic mass is 16.5. The fourth-order valence-electron chi connectivity index (χ4n) is 1.16. The minimum atomic E-state index is -0.767. The molecule has 0 fully saturated rings. The number of ether oxygens (including phenoxy) is 2. The van der Waals surface area contributed by atoms with Gasteiger partial charge in [0.15, 0.2) is 0 Å². The summed E-state index contributed by atoms with van der Waals surface area (Å²) in [7, 11) is 2.37. The van der Waals surface area contributed by atoms with Crippen LogP contribution in [0.5, 0.6) is 0 Å². The number of aliphatic hydroxyl groups excluding tert-OH is 1. The first kappa shape index (κ1) is 17.1. The second-order valence-corrected chi connectivity index (χ2v) is 4.25. The van der Waals surface area contributed by atoms with Crippen LogP contribution in [0.1, 0.15) is 13.8 Å². The Labute approximate surface area is 112 Å². The molecule has 0 aliphatic heterocycles. The van der Waals surface area contributed by atoms with Gasteiger partial charge >= 0.3 is 11.9 Å². The molecule has 0 saturated carbocycles. The summed E-state index contributed by atoms with van der Waals surface area (Å²) >= 11 is 0. The fourth-order valence-corrected chi connectivity index (χ4v) is 1.16. The molecule has 0 radical (unpaired) electrons. The molecule has 7 nitrogen and oxygen atoms in total. The monoisotopic (exact) mass is 272 g/mol. The molecule has 0 aromatic heterocycles. The molecule has 0 aliphatic carbocycles. The Morgan fingerprint density at radius 3 is 2.21 bits per heavy atom. The molecule has 2 N–H and O–H groups in total. The van der Waals surface area contributed by atoms with Gasteiger partial charge in [-0.3, -0.25) is 0 Å². The van der Waals surface area contributed by atoms with Gasteiger partial charge in [0.2, 0.25) is 0 Å². The van der Waals surface area contributed by atoms with Crippen molar-refractivity contribution >= 4 is 18.2 Å². The molecule has 0 unspecified atom stereocenters. The lowest BCUT2D eigenvalue weighted by Gasteiger charge is -2.15. The summed E-state index contributed by atoms with van der Waals surface area (Å²) in [5.41, 5.74) is 1.75. The number of aliphatic hydroxyl groups is 1. The van der Waals surface area contributed by atoms with E-state index in [1.54, 1.807) is 13.8 Å². The number of carbonyl (C=O) groups is 2. The van der Waals surface area contributed by atoms with Crippen molar-refractivity contribution in [1.29, 1.82) is 0 Å². The number of allylic oxidation sites excluding steroid dienone is 1. The van der Waals surface area contributed by atoms with Crippen molar-refractivity contribution in [1.82, 2.24) is 5.43 Å². The van der Waals surface area contributed by atoms with Gasteiger partial charge in [-0.1, -0.05) is 19.9 Å². The lowest BCUT2D eigenvalue weighted by atomic mass is 9.92. The Bertz CT molecular complexity index is 356. The molecule has 0 rings (SSSR count). The number of nitrogens with one attached hydrogen (secondary N) is 1. The molecule has 0 bridgehead atoms. The number of esters is 2. The third-order valence-electron chi connectivity index (χ3n) is 2.04. The number of carbonyl (C=O) groups excluding carboxylic acids is 2. The Morgan fingerprint density at radius 2 is 1.79 bits per heavy atom. The molecule has 19 heavy (non-hydrogen) atoms. The Morgan fingerprint density at radius 1 is 1.26 bits per heavy atom. The van der Waals surface area contributed by atoms with Crippen LogP contribution in [0.25, 0.3) is 0 Å². The molecule has 0 aromatic rings. The number of hydrazone groups is 1. The first-order valence-corrected chi connectivity index (χ1v) is 5.65. The normalized spacial score (nSPS) is 11.0. The predicted octanol–water partition coefficient (Wildman–Crippen LogP) is -0.147. The molecular weight excluding hydrogens is 252 g/mol. The first-order valence-electron chi connectivity index (χ1n) is 5.65. The maximum atomic E-state index is 11.5. The van der Waals surface area contributed by atoms with Gasteiger partial charge in [-0.2, -0.15) is 5.10 Å².